The van der Waals surface area contributed by atoms with Crippen LogP contribution in [0.15, 0.2) is 60.7 Å². The van der Waals surface area contributed by atoms with Crippen molar-refractivity contribution in [1.82, 2.24) is 9.88 Å². The monoisotopic (exact) mass is 327 g/mol. The Morgan fingerprint density at radius 1 is 0.957 bits per heavy atom. The molecule has 23 heavy (non-hydrogen) atoms. The Labute approximate surface area is 143 Å². The average molecular weight is 328 g/mol. The number of nitrogens with zero attached hydrogens (tertiary/aromatic N) is 2. The SMILES string of the molecule is CN(C)CCNc1cc(-c2ccccc2)c2ccccc2n1.Cl. The normalized spacial score (nSPS) is 10.6. The van der Waals surface area contributed by atoms with Crippen molar-refractivity contribution in [1.29, 1.82) is 0 Å². The van der Waals surface area contributed by atoms with Gasteiger partial charge in [-0.05, 0) is 37.4 Å². The zero-order chi connectivity index (χ0) is 15.4. The number of aromatic nitrogens is 1. The van der Waals surface area contributed by atoms with Crippen LogP contribution in [0, 0.1) is 0 Å². The van der Waals surface area contributed by atoms with Crippen molar-refractivity contribution in [2.45, 2.75) is 0 Å². The van der Waals surface area contributed by atoms with E-state index < -0.39 is 0 Å². The first-order valence-electron chi connectivity index (χ1n) is 7.58. The number of pyridine rings is 1. The molecule has 0 amide bonds. The Bertz CT molecular complexity index is 757. The van der Waals surface area contributed by atoms with Crippen molar-refractivity contribution in [2.75, 3.05) is 32.5 Å². The number of anilines is 1. The third-order valence-electron chi connectivity index (χ3n) is 3.67. The van der Waals surface area contributed by atoms with E-state index in [4.69, 9.17) is 4.98 Å². The largest absolute Gasteiger partial charge is 0.369 e. The molecule has 1 N–H and O–H groups in total. The molecule has 0 aliphatic heterocycles. The summed E-state index contributed by atoms with van der Waals surface area (Å²) in [6.07, 6.45) is 0. The highest BCUT2D eigenvalue weighted by Crippen LogP contribution is 2.29. The Balaban J connectivity index is 0.00000192. The molecule has 0 unspecified atom stereocenters. The number of benzene rings is 2. The Morgan fingerprint density at radius 3 is 2.39 bits per heavy atom. The van der Waals surface area contributed by atoms with Crippen LogP contribution in [0.1, 0.15) is 0 Å². The molecule has 0 saturated carbocycles. The molecule has 0 aliphatic rings. The highest BCUT2D eigenvalue weighted by molar-refractivity contribution is 5.96. The Morgan fingerprint density at radius 2 is 1.65 bits per heavy atom. The molecule has 0 fully saturated rings. The second-order valence-electron chi connectivity index (χ2n) is 5.67. The minimum Gasteiger partial charge on any atom is -0.369 e. The first-order valence-corrected chi connectivity index (χ1v) is 7.58. The van der Waals surface area contributed by atoms with Crippen LogP contribution in [-0.2, 0) is 0 Å². The number of hydrogen-bond donors (Lipinski definition) is 1. The van der Waals surface area contributed by atoms with Gasteiger partial charge in [0.15, 0.2) is 0 Å². The third kappa shape index (κ3) is 4.21. The summed E-state index contributed by atoms with van der Waals surface area (Å²) in [5.74, 6) is 0.930. The minimum atomic E-state index is 0. The Hall–Kier alpha value is -2.10. The van der Waals surface area contributed by atoms with Crippen molar-refractivity contribution >= 4 is 29.1 Å². The number of para-hydroxylation sites is 1. The van der Waals surface area contributed by atoms with Crippen LogP contribution >= 0.6 is 12.4 Å². The molecule has 0 atom stereocenters. The van der Waals surface area contributed by atoms with E-state index in [0.717, 1.165) is 24.4 Å². The summed E-state index contributed by atoms with van der Waals surface area (Å²) in [5.41, 5.74) is 3.46. The van der Waals surface area contributed by atoms with E-state index in [-0.39, 0.29) is 12.4 Å². The Kier molecular flexibility index (Phi) is 5.97. The highest BCUT2D eigenvalue weighted by Gasteiger charge is 2.07. The second-order valence-corrected chi connectivity index (χ2v) is 5.67. The van der Waals surface area contributed by atoms with Crippen LogP contribution in [-0.4, -0.2) is 37.1 Å². The first-order chi connectivity index (χ1) is 10.7. The lowest BCUT2D eigenvalue weighted by molar-refractivity contribution is 0.425. The quantitative estimate of drug-likeness (QED) is 0.757. The molecular formula is C19H22ClN3. The van der Waals surface area contributed by atoms with Crippen molar-refractivity contribution < 1.29 is 0 Å². The summed E-state index contributed by atoms with van der Waals surface area (Å²) in [7, 11) is 4.15. The highest BCUT2D eigenvalue weighted by atomic mass is 35.5. The average Bonchev–Trinajstić information content (AvgIpc) is 2.54. The van der Waals surface area contributed by atoms with Crippen molar-refractivity contribution in [3.8, 4) is 11.1 Å². The number of halogens is 1. The van der Waals surface area contributed by atoms with E-state index in [0.29, 0.717) is 0 Å². The summed E-state index contributed by atoms with van der Waals surface area (Å²) < 4.78 is 0. The van der Waals surface area contributed by atoms with Gasteiger partial charge in [0, 0.05) is 18.5 Å². The van der Waals surface area contributed by atoms with E-state index in [1.54, 1.807) is 0 Å². The lowest BCUT2D eigenvalue weighted by Gasteiger charge is -2.13. The molecular weight excluding hydrogens is 306 g/mol. The number of fused-ring (bicyclic) bond motifs is 1. The van der Waals surface area contributed by atoms with E-state index >= 15 is 0 Å². The molecule has 0 radical (unpaired) electrons. The van der Waals surface area contributed by atoms with Crippen LogP contribution in [0.2, 0.25) is 0 Å². The summed E-state index contributed by atoms with van der Waals surface area (Å²) >= 11 is 0. The number of hydrogen-bond acceptors (Lipinski definition) is 3. The molecule has 1 aromatic heterocycles. The third-order valence-corrected chi connectivity index (χ3v) is 3.67. The predicted octanol–water partition coefficient (Wildman–Crippen LogP) is 4.30. The van der Waals surface area contributed by atoms with Gasteiger partial charge in [0.1, 0.15) is 5.82 Å². The van der Waals surface area contributed by atoms with E-state index in [1.807, 2.05) is 12.1 Å². The van der Waals surface area contributed by atoms with Gasteiger partial charge in [0.25, 0.3) is 0 Å². The summed E-state index contributed by atoms with van der Waals surface area (Å²) in [6, 6.07) is 20.9. The second kappa shape index (κ2) is 7.95. The number of rotatable bonds is 5. The predicted molar refractivity (Wildman–Crippen MR) is 101 cm³/mol. The van der Waals surface area contributed by atoms with Gasteiger partial charge in [-0.25, -0.2) is 4.98 Å². The fourth-order valence-corrected chi connectivity index (χ4v) is 2.53. The zero-order valence-electron chi connectivity index (χ0n) is 13.5. The molecule has 2 aromatic carbocycles. The molecule has 3 aromatic rings. The molecule has 0 spiro atoms. The number of likely N-dealkylation sites (N-methyl/N-ethyl adjacent to an activating group) is 1. The molecule has 0 aliphatic carbocycles. The standard InChI is InChI=1S/C19H21N3.ClH/c1-22(2)13-12-20-19-14-17(15-8-4-3-5-9-15)16-10-6-7-11-18(16)21-19;/h3-11,14H,12-13H2,1-2H3,(H,20,21);1H. The maximum absolute atomic E-state index is 4.73. The van der Waals surface area contributed by atoms with Crippen molar-refractivity contribution in [3.05, 3.63) is 60.7 Å². The van der Waals surface area contributed by atoms with Crippen LogP contribution < -0.4 is 5.32 Å². The van der Waals surface area contributed by atoms with Gasteiger partial charge in [-0.1, -0.05) is 48.5 Å². The number of nitrogens with one attached hydrogen (secondary N) is 1. The van der Waals surface area contributed by atoms with Crippen LogP contribution in [0.3, 0.4) is 0 Å². The van der Waals surface area contributed by atoms with E-state index in [1.165, 1.54) is 16.5 Å². The van der Waals surface area contributed by atoms with E-state index in [2.05, 4.69) is 72.8 Å². The lowest BCUT2D eigenvalue weighted by atomic mass is 10.0. The van der Waals surface area contributed by atoms with Gasteiger partial charge in [0.05, 0.1) is 5.52 Å². The maximum Gasteiger partial charge on any atom is 0.127 e. The van der Waals surface area contributed by atoms with Gasteiger partial charge in [-0.3, -0.25) is 0 Å². The smallest absolute Gasteiger partial charge is 0.127 e. The molecule has 4 heteroatoms. The lowest BCUT2D eigenvalue weighted by Crippen LogP contribution is -2.21. The van der Waals surface area contributed by atoms with Crippen molar-refractivity contribution in [2.24, 2.45) is 0 Å². The molecule has 0 saturated heterocycles. The van der Waals surface area contributed by atoms with Crippen LogP contribution in [0.25, 0.3) is 22.0 Å². The minimum absolute atomic E-state index is 0. The zero-order valence-corrected chi connectivity index (χ0v) is 14.3. The molecule has 3 rings (SSSR count). The van der Waals surface area contributed by atoms with Gasteiger partial charge in [-0.15, -0.1) is 12.4 Å². The first kappa shape index (κ1) is 17.3. The maximum atomic E-state index is 4.73. The molecule has 0 bridgehead atoms. The fraction of sp³-hybridized carbons (Fsp3) is 0.211. The molecule has 120 valence electrons. The van der Waals surface area contributed by atoms with Crippen molar-refractivity contribution in [3.63, 3.8) is 0 Å². The summed E-state index contributed by atoms with van der Waals surface area (Å²) in [5, 5.41) is 4.61. The molecule has 3 nitrogen and oxygen atoms in total. The fourth-order valence-electron chi connectivity index (χ4n) is 2.53. The van der Waals surface area contributed by atoms with E-state index in [9.17, 15) is 0 Å². The van der Waals surface area contributed by atoms with Crippen LogP contribution in [0.5, 0.6) is 0 Å². The van der Waals surface area contributed by atoms with Gasteiger partial charge in [0.2, 0.25) is 0 Å². The van der Waals surface area contributed by atoms with Gasteiger partial charge >= 0.3 is 0 Å². The van der Waals surface area contributed by atoms with Gasteiger partial charge < -0.3 is 10.2 Å². The topological polar surface area (TPSA) is 28.2 Å². The van der Waals surface area contributed by atoms with Crippen LogP contribution in [0.4, 0.5) is 5.82 Å². The summed E-state index contributed by atoms with van der Waals surface area (Å²) in [4.78, 5) is 6.89. The van der Waals surface area contributed by atoms with Gasteiger partial charge in [-0.2, -0.15) is 0 Å². The molecule has 1 heterocycles. The summed E-state index contributed by atoms with van der Waals surface area (Å²) in [6.45, 7) is 1.86.